The first-order valence-electron chi connectivity index (χ1n) is 11.5. The Morgan fingerprint density at radius 2 is 1.44 bits per heavy atom. The zero-order chi connectivity index (χ0) is 24.5. The van der Waals surface area contributed by atoms with Gasteiger partial charge >= 0.3 is 11.9 Å². The Morgan fingerprint density at radius 3 is 1.79 bits per heavy atom. The van der Waals surface area contributed by atoms with E-state index in [-0.39, 0.29) is 13.1 Å². The van der Waals surface area contributed by atoms with Gasteiger partial charge < -0.3 is 19.5 Å². The van der Waals surface area contributed by atoms with Gasteiger partial charge in [0.2, 0.25) is 0 Å². The predicted molar refractivity (Wildman–Crippen MR) is 123 cm³/mol. The van der Waals surface area contributed by atoms with E-state index < -0.39 is 41.0 Å². The van der Waals surface area contributed by atoms with Crippen LogP contribution in [0.2, 0.25) is 0 Å². The Labute approximate surface area is 199 Å². The van der Waals surface area contributed by atoms with Crippen molar-refractivity contribution in [2.75, 3.05) is 40.9 Å². The molecule has 2 aromatic heterocycles. The summed E-state index contributed by atoms with van der Waals surface area (Å²) in [5, 5.41) is 12.1. The molecule has 0 spiro atoms. The van der Waals surface area contributed by atoms with E-state index in [9.17, 15) is 14.7 Å². The number of hydrogen-bond donors (Lipinski definition) is 1. The highest BCUT2D eigenvalue weighted by Crippen LogP contribution is 2.62. The van der Waals surface area contributed by atoms with Crippen molar-refractivity contribution >= 4 is 11.9 Å². The third kappa shape index (κ3) is 3.41. The van der Waals surface area contributed by atoms with Crippen molar-refractivity contribution in [2.45, 2.75) is 31.5 Å². The molecule has 1 N–H and O–H groups in total. The maximum absolute atomic E-state index is 13.7. The van der Waals surface area contributed by atoms with Crippen molar-refractivity contribution in [3.05, 3.63) is 60.2 Å². The number of esters is 2. The maximum Gasteiger partial charge on any atom is 0.317 e. The lowest BCUT2D eigenvalue weighted by Crippen LogP contribution is -2.77. The van der Waals surface area contributed by atoms with Crippen LogP contribution in [-0.2, 0) is 19.1 Å². The van der Waals surface area contributed by atoms with Crippen LogP contribution in [0, 0.1) is 10.8 Å². The summed E-state index contributed by atoms with van der Waals surface area (Å²) in [4.78, 5) is 40.4. The summed E-state index contributed by atoms with van der Waals surface area (Å²) in [7, 11) is 4.46. The number of methoxy groups -OCH3 is 2. The maximum atomic E-state index is 13.7. The molecular formula is C25H32N4O5. The third-order valence-electron chi connectivity index (χ3n) is 7.34. The molecule has 4 rings (SSSR count). The van der Waals surface area contributed by atoms with Crippen LogP contribution in [0.15, 0.2) is 48.8 Å². The van der Waals surface area contributed by atoms with E-state index >= 15 is 0 Å². The fourth-order valence-electron chi connectivity index (χ4n) is 6.23. The lowest BCUT2D eigenvalue weighted by molar-refractivity contribution is -0.249. The van der Waals surface area contributed by atoms with Gasteiger partial charge in [-0.15, -0.1) is 0 Å². The Morgan fingerprint density at radius 1 is 0.971 bits per heavy atom. The van der Waals surface area contributed by atoms with Crippen LogP contribution in [-0.4, -0.2) is 83.8 Å². The van der Waals surface area contributed by atoms with Crippen LogP contribution in [0.5, 0.6) is 0 Å². The summed E-state index contributed by atoms with van der Waals surface area (Å²) >= 11 is 0. The Kier molecular flexibility index (Phi) is 6.71. The van der Waals surface area contributed by atoms with E-state index in [0.717, 1.165) is 6.42 Å². The highest BCUT2D eigenvalue weighted by atomic mass is 16.5. The average Bonchev–Trinajstić information content (AvgIpc) is 2.86. The summed E-state index contributed by atoms with van der Waals surface area (Å²) in [6.45, 7) is 3.11. The second-order valence-electron chi connectivity index (χ2n) is 9.16. The second kappa shape index (κ2) is 9.40. The number of carbonyl (C=O) groups excluding carboxylic acids is 2. The molecule has 9 heteroatoms. The number of aliphatic hydroxyl groups excluding tert-OH is 1. The van der Waals surface area contributed by atoms with Crippen LogP contribution in [0.4, 0.5) is 0 Å². The molecule has 2 aromatic rings. The molecule has 2 fully saturated rings. The molecule has 4 unspecified atom stereocenters. The number of pyridine rings is 2. The first-order chi connectivity index (χ1) is 16.4. The first kappa shape index (κ1) is 24.3. The molecule has 2 saturated heterocycles. The number of aliphatic hydroxyl groups is 1. The molecule has 2 aliphatic heterocycles. The van der Waals surface area contributed by atoms with E-state index in [4.69, 9.17) is 9.47 Å². The van der Waals surface area contributed by atoms with Gasteiger partial charge in [0, 0.05) is 25.5 Å². The van der Waals surface area contributed by atoms with Crippen LogP contribution < -0.4 is 0 Å². The Bertz CT molecular complexity index is 945. The molecular weight excluding hydrogens is 436 g/mol. The largest absolute Gasteiger partial charge is 0.468 e. The minimum Gasteiger partial charge on any atom is -0.468 e. The summed E-state index contributed by atoms with van der Waals surface area (Å²) in [5.74, 6) is -1.17. The first-order valence-corrected chi connectivity index (χ1v) is 11.5. The quantitative estimate of drug-likeness (QED) is 0.633. The zero-order valence-corrected chi connectivity index (χ0v) is 20.0. The molecule has 9 nitrogen and oxygen atoms in total. The molecule has 4 atom stereocenters. The third-order valence-corrected chi connectivity index (χ3v) is 7.34. The van der Waals surface area contributed by atoms with E-state index in [0.29, 0.717) is 17.9 Å². The summed E-state index contributed by atoms with van der Waals surface area (Å²) < 4.78 is 10.6. The highest BCUT2D eigenvalue weighted by molar-refractivity contribution is 5.86. The minimum atomic E-state index is -1.48. The molecule has 0 saturated carbocycles. The number of likely N-dealkylation sites (tertiary alicyclic amines) is 2. The van der Waals surface area contributed by atoms with Crippen molar-refractivity contribution in [1.82, 2.24) is 19.8 Å². The summed E-state index contributed by atoms with van der Waals surface area (Å²) in [5.41, 5.74) is -1.76. The monoisotopic (exact) mass is 468 g/mol. The Balaban J connectivity index is 2.06. The second-order valence-corrected chi connectivity index (χ2v) is 9.16. The molecule has 0 aliphatic carbocycles. The Hall–Kier alpha value is -2.88. The number of hydrogen-bond acceptors (Lipinski definition) is 9. The lowest BCUT2D eigenvalue weighted by atomic mass is 9.53. The summed E-state index contributed by atoms with van der Waals surface area (Å²) in [6.07, 6.45) is 2.72. The van der Waals surface area contributed by atoms with Crippen molar-refractivity contribution in [2.24, 2.45) is 10.8 Å². The lowest BCUT2D eigenvalue weighted by Gasteiger charge is -2.64. The summed E-state index contributed by atoms with van der Waals surface area (Å²) in [6, 6.07) is 9.59. The van der Waals surface area contributed by atoms with Gasteiger partial charge in [-0.05, 0) is 44.3 Å². The topological polar surface area (TPSA) is 105 Å². The smallest absolute Gasteiger partial charge is 0.317 e. The minimum absolute atomic E-state index is 0.216. The van der Waals surface area contributed by atoms with Crippen LogP contribution in [0.25, 0.3) is 0 Å². The molecule has 0 radical (unpaired) electrons. The van der Waals surface area contributed by atoms with Crippen molar-refractivity contribution in [3.8, 4) is 0 Å². The number of nitrogens with zero attached hydrogens (tertiary/aromatic N) is 4. The zero-order valence-electron chi connectivity index (χ0n) is 20.0. The van der Waals surface area contributed by atoms with Gasteiger partial charge in [0.1, 0.15) is 10.8 Å². The molecule has 4 heterocycles. The van der Waals surface area contributed by atoms with E-state index in [2.05, 4.69) is 14.9 Å². The van der Waals surface area contributed by atoms with Gasteiger partial charge in [-0.3, -0.25) is 24.5 Å². The molecule has 34 heavy (non-hydrogen) atoms. The number of piperidine rings is 2. The predicted octanol–water partition coefficient (Wildman–Crippen LogP) is 1.61. The normalized spacial score (nSPS) is 31.6. The highest BCUT2D eigenvalue weighted by Gasteiger charge is 2.74. The van der Waals surface area contributed by atoms with Crippen LogP contribution >= 0.6 is 0 Å². The number of aromatic nitrogens is 2. The fraction of sp³-hybridized carbons (Fsp3) is 0.520. The van der Waals surface area contributed by atoms with Gasteiger partial charge in [-0.25, -0.2) is 0 Å². The standard InChI is InChI=1S/C25H32N4O5/c1-5-14-29-15-24(22(31)33-3)19(17-10-6-8-12-26-17)28(2)20(18-11-7-9-13-27-18)25(16-29,21(24)30)23(32)34-4/h6-13,19-21,30H,5,14-16H2,1-4H3. The molecule has 0 aromatic carbocycles. The van der Waals surface area contributed by atoms with Gasteiger partial charge in [0.25, 0.3) is 0 Å². The van der Waals surface area contributed by atoms with Gasteiger partial charge in [-0.2, -0.15) is 0 Å². The van der Waals surface area contributed by atoms with Crippen molar-refractivity contribution in [3.63, 3.8) is 0 Å². The van der Waals surface area contributed by atoms with E-state index in [1.54, 1.807) is 24.5 Å². The number of ether oxygens (including phenoxy) is 2. The van der Waals surface area contributed by atoms with Gasteiger partial charge in [0.05, 0.1) is 43.8 Å². The van der Waals surface area contributed by atoms with Crippen LogP contribution in [0.3, 0.4) is 0 Å². The van der Waals surface area contributed by atoms with Gasteiger partial charge in [-0.1, -0.05) is 19.1 Å². The molecule has 2 aliphatic rings. The van der Waals surface area contributed by atoms with Crippen LogP contribution in [0.1, 0.15) is 36.8 Å². The molecule has 0 amide bonds. The van der Waals surface area contributed by atoms with Crippen molar-refractivity contribution < 1.29 is 24.2 Å². The fourth-order valence-corrected chi connectivity index (χ4v) is 6.23. The molecule has 182 valence electrons. The van der Waals surface area contributed by atoms with E-state index in [1.165, 1.54) is 14.2 Å². The average molecular weight is 469 g/mol. The number of rotatable bonds is 6. The number of carbonyl (C=O) groups is 2. The van der Waals surface area contributed by atoms with Crippen molar-refractivity contribution in [1.29, 1.82) is 0 Å². The number of fused-ring (bicyclic) bond motifs is 2. The SMILES string of the molecule is CCCN1CC2(C(=O)OC)C(c3ccccn3)N(C)C(c3ccccn3)C(C(=O)OC)(C1)C2O. The molecule has 2 bridgehead atoms. The van der Waals surface area contributed by atoms with E-state index in [1.807, 2.05) is 43.1 Å². The van der Waals surface area contributed by atoms with Gasteiger partial charge in [0.15, 0.2) is 0 Å².